The van der Waals surface area contributed by atoms with Gasteiger partial charge in [0.15, 0.2) is 0 Å². The summed E-state index contributed by atoms with van der Waals surface area (Å²) < 4.78 is 2.53. The summed E-state index contributed by atoms with van der Waals surface area (Å²) in [4.78, 5) is 16.6. The second kappa shape index (κ2) is 6.25. The summed E-state index contributed by atoms with van der Waals surface area (Å²) in [5.74, 6) is 2.28. The van der Waals surface area contributed by atoms with E-state index >= 15 is 0 Å². The summed E-state index contributed by atoms with van der Waals surface area (Å²) in [6, 6.07) is 8.75. The van der Waals surface area contributed by atoms with Crippen LogP contribution in [0.1, 0.15) is 25.3 Å². The van der Waals surface area contributed by atoms with E-state index in [1.165, 1.54) is 35.1 Å². The van der Waals surface area contributed by atoms with E-state index in [1.807, 2.05) is 4.90 Å². The van der Waals surface area contributed by atoms with Crippen molar-refractivity contribution in [3.8, 4) is 0 Å². The molecule has 2 fully saturated rings. The van der Waals surface area contributed by atoms with E-state index in [1.54, 1.807) is 6.92 Å². The summed E-state index contributed by atoms with van der Waals surface area (Å²) in [6.45, 7) is 12.3. The number of hydrogen-bond donors (Lipinski definition) is 0. The SMILES string of the molecule is C=C(C)C(=O)N1CCN(c2c(C)c3ccccc3n2CC2CC2)CC1. The van der Waals surface area contributed by atoms with Crippen LogP contribution in [0.2, 0.25) is 0 Å². The highest BCUT2D eigenvalue weighted by Gasteiger charge is 2.29. The highest BCUT2D eigenvalue weighted by Crippen LogP contribution is 2.38. The van der Waals surface area contributed by atoms with Crippen LogP contribution in [0.4, 0.5) is 5.82 Å². The minimum Gasteiger partial charge on any atom is -0.354 e. The molecule has 1 saturated heterocycles. The van der Waals surface area contributed by atoms with Crippen molar-refractivity contribution in [2.75, 3.05) is 31.1 Å². The lowest BCUT2D eigenvalue weighted by Crippen LogP contribution is -2.49. The van der Waals surface area contributed by atoms with Crippen molar-refractivity contribution >= 4 is 22.6 Å². The molecule has 4 rings (SSSR count). The smallest absolute Gasteiger partial charge is 0.249 e. The molecule has 2 aliphatic rings. The number of aryl methyl sites for hydroxylation is 1. The van der Waals surface area contributed by atoms with Crippen molar-refractivity contribution < 1.29 is 4.79 Å². The second-order valence-corrected chi connectivity index (χ2v) is 7.58. The highest BCUT2D eigenvalue weighted by molar-refractivity contribution is 5.92. The number of para-hydroxylation sites is 1. The van der Waals surface area contributed by atoms with E-state index in [0.29, 0.717) is 5.57 Å². The topological polar surface area (TPSA) is 28.5 Å². The van der Waals surface area contributed by atoms with Crippen molar-refractivity contribution in [3.05, 3.63) is 42.0 Å². The average Bonchev–Trinajstić information content (AvgIpc) is 3.40. The van der Waals surface area contributed by atoms with Crippen LogP contribution in [0, 0.1) is 12.8 Å². The molecule has 4 nitrogen and oxygen atoms in total. The maximum Gasteiger partial charge on any atom is 0.249 e. The molecule has 0 radical (unpaired) electrons. The molecule has 1 saturated carbocycles. The van der Waals surface area contributed by atoms with Gasteiger partial charge in [0.25, 0.3) is 0 Å². The fraction of sp³-hybridized carbons (Fsp3) is 0.476. The zero-order valence-electron chi connectivity index (χ0n) is 15.3. The van der Waals surface area contributed by atoms with Crippen molar-refractivity contribution in [2.24, 2.45) is 5.92 Å². The van der Waals surface area contributed by atoms with E-state index in [9.17, 15) is 4.79 Å². The quantitative estimate of drug-likeness (QED) is 0.798. The predicted octanol–water partition coefficient (Wildman–Crippen LogP) is 3.58. The number of fused-ring (bicyclic) bond motifs is 1. The lowest BCUT2D eigenvalue weighted by Gasteiger charge is -2.37. The number of anilines is 1. The van der Waals surface area contributed by atoms with Gasteiger partial charge in [-0.05, 0) is 44.2 Å². The first-order chi connectivity index (χ1) is 12.1. The van der Waals surface area contributed by atoms with Crippen LogP contribution >= 0.6 is 0 Å². The third-order valence-electron chi connectivity index (χ3n) is 5.56. The van der Waals surface area contributed by atoms with Gasteiger partial charge in [0.05, 0.1) is 0 Å². The van der Waals surface area contributed by atoms with Gasteiger partial charge in [0, 0.05) is 49.2 Å². The maximum atomic E-state index is 12.2. The molecule has 0 spiro atoms. The number of benzene rings is 1. The van der Waals surface area contributed by atoms with E-state index < -0.39 is 0 Å². The lowest BCUT2D eigenvalue weighted by atomic mass is 10.2. The van der Waals surface area contributed by atoms with Gasteiger partial charge in [0.1, 0.15) is 5.82 Å². The predicted molar refractivity (Wildman–Crippen MR) is 103 cm³/mol. The Morgan fingerprint density at radius 3 is 2.48 bits per heavy atom. The number of aromatic nitrogens is 1. The number of carbonyl (C=O) groups is 1. The van der Waals surface area contributed by atoms with Crippen molar-refractivity contribution in [1.82, 2.24) is 9.47 Å². The first kappa shape index (κ1) is 16.2. The Morgan fingerprint density at radius 1 is 1.16 bits per heavy atom. The van der Waals surface area contributed by atoms with E-state index in [4.69, 9.17) is 0 Å². The monoisotopic (exact) mass is 337 g/mol. The molecule has 2 aromatic rings. The second-order valence-electron chi connectivity index (χ2n) is 7.58. The Hall–Kier alpha value is -2.23. The Morgan fingerprint density at radius 2 is 1.84 bits per heavy atom. The fourth-order valence-electron chi connectivity index (χ4n) is 4.01. The average molecular weight is 337 g/mol. The molecule has 25 heavy (non-hydrogen) atoms. The van der Waals surface area contributed by atoms with Crippen molar-refractivity contribution in [2.45, 2.75) is 33.2 Å². The third kappa shape index (κ3) is 2.94. The molecule has 0 atom stereocenters. The van der Waals surface area contributed by atoms with Gasteiger partial charge in [-0.2, -0.15) is 0 Å². The van der Waals surface area contributed by atoms with Gasteiger partial charge < -0.3 is 14.4 Å². The first-order valence-electron chi connectivity index (χ1n) is 9.34. The van der Waals surface area contributed by atoms with Gasteiger partial charge in [-0.3, -0.25) is 4.79 Å². The molecular weight excluding hydrogens is 310 g/mol. The van der Waals surface area contributed by atoms with E-state index in [-0.39, 0.29) is 5.91 Å². The molecule has 0 unspecified atom stereocenters. The molecule has 132 valence electrons. The Labute approximate surface area is 149 Å². The highest BCUT2D eigenvalue weighted by atomic mass is 16.2. The standard InChI is InChI=1S/C21H27N3O/c1-15(2)21(25)23-12-10-22(11-13-23)20-16(3)18-6-4-5-7-19(18)24(20)14-17-8-9-17/h4-7,17H,1,8-14H2,2-3H3. The van der Waals surface area contributed by atoms with Crippen LogP contribution in [0.15, 0.2) is 36.4 Å². The largest absolute Gasteiger partial charge is 0.354 e. The minimum atomic E-state index is 0.0925. The Balaban J connectivity index is 1.64. The Kier molecular flexibility index (Phi) is 4.06. The minimum absolute atomic E-state index is 0.0925. The number of carbonyl (C=O) groups excluding carboxylic acids is 1. The first-order valence-corrected chi connectivity index (χ1v) is 9.34. The zero-order chi connectivity index (χ0) is 17.6. The summed E-state index contributed by atoms with van der Waals surface area (Å²) in [6.07, 6.45) is 2.71. The summed E-state index contributed by atoms with van der Waals surface area (Å²) in [5, 5.41) is 1.36. The molecule has 1 aliphatic carbocycles. The molecule has 4 heteroatoms. The summed E-state index contributed by atoms with van der Waals surface area (Å²) >= 11 is 0. The number of hydrogen-bond acceptors (Lipinski definition) is 2. The van der Waals surface area contributed by atoms with Crippen LogP contribution in [0.25, 0.3) is 10.9 Å². The number of amides is 1. The van der Waals surface area contributed by atoms with E-state index in [0.717, 1.165) is 38.6 Å². The lowest BCUT2D eigenvalue weighted by molar-refractivity contribution is -0.127. The molecule has 1 aromatic carbocycles. The fourth-order valence-corrected chi connectivity index (χ4v) is 4.01. The number of nitrogens with zero attached hydrogens (tertiary/aromatic N) is 3. The van der Waals surface area contributed by atoms with Gasteiger partial charge in [-0.25, -0.2) is 0 Å². The molecule has 1 amide bonds. The molecule has 0 bridgehead atoms. The van der Waals surface area contributed by atoms with Gasteiger partial charge in [0.2, 0.25) is 5.91 Å². The number of piperazine rings is 1. The normalized spacial score (nSPS) is 18.0. The molecule has 0 N–H and O–H groups in total. The van der Waals surface area contributed by atoms with Crippen LogP contribution in [0.5, 0.6) is 0 Å². The molecule has 1 aromatic heterocycles. The van der Waals surface area contributed by atoms with Gasteiger partial charge in [-0.1, -0.05) is 24.8 Å². The molecule has 2 heterocycles. The van der Waals surface area contributed by atoms with Crippen LogP contribution in [-0.4, -0.2) is 41.6 Å². The molecular formula is C21H27N3O. The van der Waals surface area contributed by atoms with Crippen LogP contribution < -0.4 is 4.90 Å². The van der Waals surface area contributed by atoms with E-state index in [2.05, 4.69) is 47.2 Å². The summed E-state index contributed by atoms with van der Waals surface area (Å²) in [5.41, 5.74) is 3.35. The van der Waals surface area contributed by atoms with Gasteiger partial charge in [-0.15, -0.1) is 0 Å². The van der Waals surface area contributed by atoms with Crippen LogP contribution in [0.3, 0.4) is 0 Å². The Bertz CT molecular complexity index is 823. The van der Waals surface area contributed by atoms with Crippen molar-refractivity contribution in [3.63, 3.8) is 0 Å². The van der Waals surface area contributed by atoms with Crippen LogP contribution in [-0.2, 0) is 11.3 Å². The summed E-state index contributed by atoms with van der Waals surface area (Å²) in [7, 11) is 0. The zero-order valence-corrected chi connectivity index (χ0v) is 15.3. The third-order valence-corrected chi connectivity index (χ3v) is 5.56. The number of rotatable bonds is 4. The maximum absolute atomic E-state index is 12.2. The van der Waals surface area contributed by atoms with Gasteiger partial charge >= 0.3 is 0 Å². The molecule has 1 aliphatic heterocycles. The van der Waals surface area contributed by atoms with Crippen molar-refractivity contribution in [1.29, 1.82) is 0 Å².